The first-order valence-corrected chi connectivity index (χ1v) is 9.74. The molecule has 0 spiro atoms. The largest absolute Gasteiger partial charge is 0.389 e. The van der Waals surface area contributed by atoms with Crippen LogP contribution in [0, 0.1) is 41.4 Å². The summed E-state index contributed by atoms with van der Waals surface area (Å²) in [6.07, 6.45) is 10.1. The van der Waals surface area contributed by atoms with E-state index in [-0.39, 0.29) is 5.60 Å². The summed E-state index contributed by atoms with van der Waals surface area (Å²) in [6.45, 7) is 4.58. The Labute approximate surface area is 135 Å². The number of fused-ring (bicyclic) bond motifs is 5. The molecule has 4 aliphatic carbocycles. The van der Waals surface area contributed by atoms with E-state index in [1.165, 1.54) is 32.1 Å². The highest BCUT2D eigenvalue weighted by Crippen LogP contribution is 2.61. The van der Waals surface area contributed by atoms with Crippen LogP contribution in [-0.4, -0.2) is 16.5 Å². The van der Waals surface area contributed by atoms with Crippen LogP contribution in [-0.2, 0) is 4.79 Å². The van der Waals surface area contributed by atoms with Crippen LogP contribution in [0.15, 0.2) is 0 Å². The Morgan fingerprint density at radius 3 is 2.59 bits per heavy atom. The van der Waals surface area contributed by atoms with Gasteiger partial charge in [-0.25, -0.2) is 0 Å². The van der Waals surface area contributed by atoms with Gasteiger partial charge < -0.3 is 5.11 Å². The lowest BCUT2D eigenvalue weighted by Crippen LogP contribution is -2.53. The maximum Gasteiger partial charge on any atom is 0.133 e. The monoisotopic (exact) mass is 304 g/mol. The summed E-state index contributed by atoms with van der Waals surface area (Å²) in [5, 5.41) is 11.5. The number of carbonyl (C=O) groups excluding carboxylic acids is 1. The molecule has 0 radical (unpaired) electrons. The maximum atomic E-state index is 11.8. The van der Waals surface area contributed by atoms with Crippen molar-refractivity contribution < 1.29 is 9.90 Å². The lowest BCUT2D eigenvalue weighted by atomic mass is 9.52. The molecule has 2 nitrogen and oxygen atoms in total. The zero-order chi connectivity index (χ0) is 15.5. The molecule has 0 aliphatic heterocycles. The molecule has 4 saturated carbocycles. The molecule has 4 rings (SSSR count). The van der Waals surface area contributed by atoms with Gasteiger partial charge in [0.25, 0.3) is 0 Å². The first-order valence-electron chi connectivity index (χ1n) is 9.74. The lowest BCUT2D eigenvalue weighted by Gasteiger charge is -2.55. The molecule has 2 heteroatoms. The van der Waals surface area contributed by atoms with Crippen LogP contribution < -0.4 is 0 Å². The summed E-state index contributed by atoms with van der Waals surface area (Å²) in [7, 11) is 0. The quantitative estimate of drug-likeness (QED) is 0.788. The van der Waals surface area contributed by atoms with Crippen LogP contribution in [0.25, 0.3) is 0 Å². The Balaban J connectivity index is 1.56. The highest BCUT2D eigenvalue weighted by atomic mass is 16.3. The maximum absolute atomic E-state index is 11.8. The Morgan fingerprint density at radius 2 is 1.82 bits per heavy atom. The molecular weight excluding hydrogens is 272 g/mol. The number of Topliss-reactive ketones (excluding diaryl/α,β-unsaturated/α-hetero) is 1. The van der Waals surface area contributed by atoms with Gasteiger partial charge >= 0.3 is 0 Å². The molecule has 0 heterocycles. The first-order chi connectivity index (χ1) is 10.5. The molecule has 0 aromatic rings. The molecule has 124 valence electrons. The van der Waals surface area contributed by atoms with E-state index in [1.807, 2.05) is 0 Å². The summed E-state index contributed by atoms with van der Waals surface area (Å²) in [6, 6.07) is 0. The second-order valence-corrected chi connectivity index (χ2v) is 9.17. The Kier molecular flexibility index (Phi) is 3.67. The molecule has 1 N–H and O–H groups in total. The molecule has 0 aromatic carbocycles. The number of aliphatic hydroxyl groups is 1. The topological polar surface area (TPSA) is 37.3 Å². The van der Waals surface area contributed by atoms with Crippen molar-refractivity contribution in [3.05, 3.63) is 0 Å². The molecule has 0 bridgehead atoms. The molecule has 0 aromatic heterocycles. The summed E-state index contributed by atoms with van der Waals surface area (Å²) in [4.78, 5) is 11.8. The third kappa shape index (κ3) is 2.12. The number of hydrogen-bond donors (Lipinski definition) is 1. The van der Waals surface area contributed by atoms with Gasteiger partial charge in [-0.3, -0.25) is 4.79 Å². The average Bonchev–Trinajstić information content (AvgIpc) is 2.84. The first kappa shape index (κ1) is 15.2. The van der Waals surface area contributed by atoms with Crippen molar-refractivity contribution in [2.24, 2.45) is 41.4 Å². The minimum Gasteiger partial charge on any atom is -0.389 e. The number of hydrogen-bond acceptors (Lipinski definition) is 2. The normalized spacial score (nSPS) is 51.4. The predicted molar refractivity (Wildman–Crippen MR) is 87.3 cm³/mol. The fraction of sp³-hybridized carbons (Fsp3) is 0.950. The van der Waals surface area contributed by atoms with E-state index in [1.54, 1.807) is 0 Å². The van der Waals surface area contributed by atoms with Gasteiger partial charge in [0.2, 0.25) is 0 Å². The third-order valence-electron chi connectivity index (χ3n) is 8.10. The standard InChI is InChI=1S/C20H32O2/c1-12(2)18-7-8-19-17-5-3-13-11-14(21)4-6-15(13)16(17)9-10-20(18,19)22/h12-13,15-19,22H,3-11H2,1-2H3. The van der Waals surface area contributed by atoms with Crippen LogP contribution >= 0.6 is 0 Å². The van der Waals surface area contributed by atoms with Gasteiger partial charge in [0.1, 0.15) is 5.78 Å². The molecule has 4 fully saturated rings. The highest BCUT2D eigenvalue weighted by Gasteiger charge is 2.58. The van der Waals surface area contributed by atoms with Gasteiger partial charge in [-0.05, 0) is 86.4 Å². The second kappa shape index (κ2) is 5.33. The summed E-state index contributed by atoms with van der Waals surface area (Å²) < 4.78 is 0. The van der Waals surface area contributed by atoms with Crippen molar-refractivity contribution in [3.8, 4) is 0 Å². The zero-order valence-corrected chi connectivity index (χ0v) is 14.3. The van der Waals surface area contributed by atoms with Gasteiger partial charge in [-0.2, -0.15) is 0 Å². The minimum atomic E-state index is -0.368. The van der Waals surface area contributed by atoms with E-state index in [9.17, 15) is 9.90 Å². The van der Waals surface area contributed by atoms with E-state index < -0.39 is 0 Å². The molecule has 22 heavy (non-hydrogen) atoms. The predicted octanol–water partition coefficient (Wildman–Crippen LogP) is 4.21. The summed E-state index contributed by atoms with van der Waals surface area (Å²) in [5.74, 6) is 5.21. The van der Waals surface area contributed by atoms with Crippen LogP contribution in [0.3, 0.4) is 0 Å². The minimum absolute atomic E-state index is 0.368. The molecule has 0 saturated heterocycles. The van der Waals surface area contributed by atoms with Gasteiger partial charge in [0.05, 0.1) is 5.60 Å². The van der Waals surface area contributed by atoms with Crippen molar-refractivity contribution in [1.29, 1.82) is 0 Å². The Hall–Kier alpha value is -0.370. The lowest BCUT2D eigenvalue weighted by molar-refractivity contribution is -0.143. The molecular formula is C20H32O2. The number of rotatable bonds is 1. The van der Waals surface area contributed by atoms with Gasteiger partial charge in [0, 0.05) is 12.8 Å². The molecule has 7 atom stereocenters. The third-order valence-corrected chi connectivity index (χ3v) is 8.10. The fourth-order valence-corrected chi connectivity index (χ4v) is 7.25. The second-order valence-electron chi connectivity index (χ2n) is 9.17. The van der Waals surface area contributed by atoms with Crippen molar-refractivity contribution >= 4 is 5.78 Å². The highest BCUT2D eigenvalue weighted by molar-refractivity contribution is 5.79. The van der Waals surface area contributed by atoms with E-state index >= 15 is 0 Å². The summed E-state index contributed by atoms with van der Waals surface area (Å²) in [5.41, 5.74) is -0.368. The van der Waals surface area contributed by atoms with Gasteiger partial charge in [0.15, 0.2) is 0 Å². The average molecular weight is 304 g/mol. The van der Waals surface area contributed by atoms with Crippen LogP contribution in [0.2, 0.25) is 0 Å². The van der Waals surface area contributed by atoms with Crippen molar-refractivity contribution in [2.75, 3.05) is 0 Å². The zero-order valence-electron chi connectivity index (χ0n) is 14.3. The SMILES string of the molecule is CC(C)C1CCC2C3CCC4CC(=O)CCC4C3CCC12O. The fourth-order valence-electron chi connectivity index (χ4n) is 7.25. The molecule has 4 aliphatic rings. The van der Waals surface area contributed by atoms with Crippen LogP contribution in [0.4, 0.5) is 0 Å². The van der Waals surface area contributed by atoms with E-state index in [4.69, 9.17) is 0 Å². The number of ketones is 1. The van der Waals surface area contributed by atoms with Crippen LogP contribution in [0.1, 0.15) is 71.6 Å². The van der Waals surface area contributed by atoms with E-state index in [2.05, 4.69) is 13.8 Å². The van der Waals surface area contributed by atoms with Crippen molar-refractivity contribution in [3.63, 3.8) is 0 Å². The number of carbonyl (C=O) groups is 1. The van der Waals surface area contributed by atoms with E-state index in [0.717, 1.165) is 43.4 Å². The Morgan fingerprint density at radius 1 is 1.00 bits per heavy atom. The smallest absolute Gasteiger partial charge is 0.133 e. The van der Waals surface area contributed by atoms with Gasteiger partial charge in [-0.15, -0.1) is 0 Å². The van der Waals surface area contributed by atoms with Crippen LogP contribution in [0.5, 0.6) is 0 Å². The van der Waals surface area contributed by atoms with E-state index in [0.29, 0.717) is 29.5 Å². The molecule has 0 amide bonds. The van der Waals surface area contributed by atoms with Crippen molar-refractivity contribution in [2.45, 2.75) is 77.2 Å². The van der Waals surface area contributed by atoms with Crippen molar-refractivity contribution in [1.82, 2.24) is 0 Å². The summed E-state index contributed by atoms with van der Waals surface area (Å²) >= 11 is 0. The van der Waals surface area contributed by atoms with Gasteiger partial charge in [-0.1, -0.05) is 13.8 Å². The molecule has 7 unspecified atom stereocenters. The Bertz CT molecular complexity index is 457.